The molecule has 2 N–H and O–H groups in total. The van der Waals surface area contributed by atoms with E-state index in [1.165, 1.54) is 0 Å². The molecule has 0 saturated carbocycles. The number of hydrogen-bond donors (Lipinski definition) is 2. The maximum atomic E-state index is 12.4. The molecule has 29 heavy (non-hydrogen) atoms. The van der Waals surface area contributed by atoms with Gasteiger partial charge in [0, 0.05) is 24.7 Å². The number of allylic oxidation sites excluding steroid dienone is 3. The maximum absolute atomic E-state index is 12.4. The summed E-state index contributed by atoms with van der Waals surface area (Å²) in [6.07, 6.45) is 11.8. The van der Waals surface area contributed by atoms with Crippen LogP contribution in [-0.2, 0) is 14.3 Å². The van der Waals surface area contributed by atoms with Crippen LogP contribution >= 0.6 is 11.8 Å². The molecule has 0 aromatic rings. The number of amides is 1. The fourth-order valence-corrected chi connectivity index (χ4v) is 5.10. The maximum Gasteiger partial charge on any atom is 0.330 e. The molecule has 0 aliphatic carbocycles. The Kier molecular flexibility index (Phi) is 7.82. The predicted octanol–water partition coefficient (Wildman–Crippen LogP) is 4.08. The van der Waals surface area contributed by atoms with Gasteiger partial charge in [-0.15, -0.1) is 0 Å². The summed E-state index contributed by atoms with van der Waals surface area (Å²) in [6, 6.07) is -0.493. The number of carbonyl (C=O) groups is 2. The molecule has 7 heteroatoms. The molecule has 3 aliphatic rings. The van der Waals surface area contributed by atoms with Gasteiger partial charge in [0.15, 0.2) is 5.79 Å². The third kappa shape index (κ3) is 6.59. The van der Waals surface area contributed by atoms with Crippen molar-refractivity contribution in [2.45, 2.75) is 89.3 Å². The number of ether oxygens (including phenoxy) is 2. The standard InChI is InChI=1S/C22H33NO5S/c1-15-7-5-3-4-6-8-16(2)11-20(24)27-18-12-17(10-9-15)28-22(26,13-18)19-14-29-21(25)23-19/h3,5,11,15,17-19,26H,4,6-10,12-14H2,1-2H3,(H,23,25)/b5-3+,16-11-/t15-,17-,18-,19+,22-/m1/s1. The topological polar surface area (TPSA) is 84.9 Å². The summed E-state index contributed by atoms with van der Waals surface area (Å²) in [5.74, 6) is -0.915. The first-order valence-electron chi connectivity index (χ1n) is 10.7. The quantitative estimate of drug-likeness (QED) is 0.488. The molecule has 3 aliphatic heterocycles. The third-order valence-electron chi connectivity index (χ3n) is 5.91. The van der Waals surface area contributed by atoms with Gasteiger partial charge < -0.3 is 19.9 Å². The zero-order valence-corrected chi connectivity index (χ0v) is 18.2. The molecule has 0 radical (unpaired) electrons. The largest absolute Gasteiger partial charge is 0.459 e. The molecule has 0 aromatic carbocycles. The number of carbonyl (C=O) groups excluding carboxylic acids is 2. The average molecular weight is 424 g/mol. The van der Waals surface area contributed by atoms with Crippen LogP contribution in [0.5, 0.6) is 0 Å². The Labute approximate surface area is 177 Å². The van der Waals surface area contributed by atoms with Gasteiger partial charge in [0.25, 0.3) is 5.24 Å². The Hall–Kier alpha value is -1.31. The Morgan fingerprint density at radius 2 is 2.07 bits per heavy atom. The summed E-state index contributed by atoms with van der Waals surface area (Å²) in [6.45, 7) is 4.17. The first-order valence-corrected chi connectivity index (χ1v) is 11.7. The van der Waals surface area contributed by atoms with Gasteiger partial charge in [-0.2, -0.15) is 0 Å². The van der Waals surface area contributed by atoms with Gasteiger partial charge in [-0.1, -0.05) is 36.4 Å². The van der Waals surface area contributed by atoms with E-state index >= 15 is 0 Å². The lowest BCUT2D eigenvalue weighted by Crippen LogP contribution is -2.58. The van der Waals surface area contributed by atoms with Gasteiger partial charge in [-0.05, 0) is 51.4 Å². The van der Waals surface area contributed by atoms with Crippen LogP contribution < -0.4 is 5.32 Å². The normalized spacial score (nSPS) is 40.4. The summed E-state index contributed by atoms with van der Waals surface area (Å²) in [5, 5.41) is 13.8. The van der Waals surface area contributed by atoms with Crippen LogP contribution in [-0.4, -0.2) is 46.1 Å². The molecule has 0 unspecified atom stereocenters. The summed E-state index contributed by atoms with van der Waals surface area (Å²) in [5.41, 5.74) is 1.00. The summed E-state index contributed by atoms with van der Waals surface area (Å²) in [7, 11) is 0. The van der Waals surface area contributed by atoms with Gasteiger partial charge in [-0.3, -0.25) is 4.79 Å². The van der Waals surface area contributed by atoms with Crippen LogP contribution in [0.15, 0.2) is 23.8 Å². The fraction of sp³-hybridized carbons (Fsp3) is 0.727. The predicted molar refractivity (Wildman–Crippen MR) is 113 cm³/mol. The van der Waals surface area contributed by atoms with Crippen molar-refractivity contribution < 1.29 is 24.2 Å². The lowest BCUT2D eigenvalue weighted by Gasteiger charge is -2.43. The lowest BCUT2D eigenvalue weighted by molar-refractivity contribution is -0.283. The summed E-state index contributed by atoms with van der Waals surface area (Å²) in [4.78, 5) is 24.1. The number of rotatable bonds is 1. The van der Waals surface area contributed by atoms with Gasteiger partial charge >= 0.3 is 5.97 Å². The van der Waals surface area contributed by atoms with E-state index in [1.54, 1.807) is 6.08 Å². The number of esters is 1. The van der Waals surface area contributed by atoms with Gasteiger partial charge in [-0.25, -0.2) is 4.79 Å². The van der Waals surface area contributed by atoms with Gasteiger partial charge in [0.05, 0.1) is 12.1 Å². The minimum Gasteiger partial charge on any atom is -0.459 e. The molecule has 0 aromatic heterocycles. The van der Waals surface area contributed by atoms with Gasteiger partial charge in [0.1, 0.15) is 6.10 Å². The van der Waals surface area contributed by atoms with E-state index in [1.807, 2.05) is 6.92 Å². The van der Waals surface area contributed by atoms with Crippen molar-refractivity contribution in [3.05, 3.63) is 23.8 Å². The molecule has 2 bridgehead atoms. The van der Waals surface area contributed by atoms with Crippen molar-refractivity contribution in [2.75, 3.05) is 5.75 Å². The second-order valence-electron chi connectivity index (χ2n) is 8.65. The highest BCUT2D eigenvalue weighted by molar-refractivity contribution is 8.14. The SMILES string of the molecule is C/C1=C/C(=O)O[C@@H]2C[C@@H](CC[C@H](C)C/C=C/CCC1)O[C@@](O)([C@@H]1CSC(=O)N1)C2. The number of thioether (sulfide) groups is 1. The smallest absolute Gasteiger partial charge is 0.330 e. The minimum atomic E-state index is -1.51. The lowest BCUT2D eigenvalue weighted by atomic mass is 9.90. The van der Waals surface area contributed by atoms with Crippen molar-refractivity contribution in [3.63, 3.8) is 0 Å². The van der Waals surface area contributed by atoms with E-state index in [-0.39, 0.29) is 23.7 Å². The average Bonchev–Trinajstić information content (AvgIpc) is 3.09. The van der Waals surface area contributed by atoms with Crippen molar-refractivity contribution >= 4 is 23.0 Å². The Bertz CT molecular complexity index is 664. The third-order valence-corrected chi connectivity index (χ3v) is 6.79. The Morgan fingerprint density at radius 1 is 1.24 bits per heavy atom. The fourth-order valence-electron chi connectivity index (χ4n) is 4.21. The Balaban J connectivity index is 1.75. The monoisotopic (exact) mass is 423 g/mol. The molecule has 2 saturated heterocycles. The van der Waals surface area contributed by atoms with E-state index in [0.29, 0.717) is 18.1 Å². The Morgan fingerprint density at radius 3 is 2.83 bits per heavy atom. The van der Waals surface area contributed by atoms with Crippen molar-refractivity contribution in [2.24, 2.45) is 5.92 Å². The highest BCUT2D eigenvalue weighted by Gasteiger charge is 2.49. The molecule has 1 amide bonds. The number of hydrogen-bond acceptors (Lipinski definition) is 6. The van der Waals surface area contributed by atoms with E-state index in [0.717, 1.165) is 55.9 Å². The molecule has 162 valence electrons. The van der Waals surface area contributed by atoms with E-state index in [4.69, 9.17) is 9.47 Å². The van der Waals surface area contributed by atoms with Crippen molar-refractivity contribution in [1.29, 1.82) is 0 Å². The zero-order chi connectivity index (χ0) is 20.9. The number of nitrogens with one attached hydrogen (secondary N) is 1. The van der Waals surface area contributed by atoms with E-state index in [2.05, 4.69) is 24.4 Å². The van der Waals surface area contributed by atoms with E-state index < -0.39 is 17.9 Å². The van der Waals surface area contributed by atoms with Crippen LogP contribution in [0.1, 0.15) is 65.2 Å². The van der Waals surface area contributed by atoms with Crippen LogP contribution in [0, 0.1) is 5.92 Å². The van der Waals surface area contributed by atoms with Crippen LogP contribution in [0.2, 0.25) is 0 Å². The molecule has 0 spiro atoms. The van der Waals surface area contributed by atoms with Crippen LogP contribution in [0.3, 0.4) is 0 Å². The zero-order valence-electron chi connectivity index (χ0n) is 17.4. The highest BCUT2D eigenvalue weighted by Crippen LogP contribution is 2.37. The second-order valence-corrected chi connectivity index (χ2v) is 9.64. The summed E-state index contributed by atoms with van der Waals surface area (Å²) < 4.78 is 11.8. The first kappa shape index (κ1) is 22.4. The molecule has 5 atom stereocenters. The van der Waals surface area contributed by atoms with Gasteiger partial charge in [0.2, 0.25) is 0 Å². The summed E-state index contributed by atoms with van der Waals surface area (Å²) >= 11 is 1.14. The number of fused-ring (bicyclic) bond motifs is 2. The van der Waals surface area contributed by atoms with Crippen LogP contribution in [0.25, 0.3) is 0 Å². The van der Waals surface area contributed by atoms with Crippen molar-refractivity contribution in [3.8, 4) is 0 Å². The molecule has 2 fully saturated rings. The molecule has 3 rings (SSSR count). The highest BCUT2D eigenvalue weighted by atomic mass is 32.2. The molecular weight excluding hydrogens is 390 g/mol. The molecule has 6 nitrogen and oxygen atoms in total. The van der Waals surface area contributed by atoms with Crippen molar-refractivity contribution in [1.82, 2.24) is 5.32 Å². The molecular formula is C22H33NO5S. The first-order chi connectivity index (χ1) is 13.8. The molecule has 3 heterocycles. The number of aliphatic hydroxyl groups is 1. The van der Waals surface area contributed by atoms with E-state index in [9.17, 15) is 14.7 Å². The van der Waals surface area contributed by atoms with Crippen LogP contribution in [0.4, 0.5) is 4.79 Å². The second kappa shape index (κ2) is 10.1. The minimum absolute atomic E-state index is 0.156.